The number of likely N-dealkylation sites (tertiary alicyclic amines) is 1. The van der Waals surface area contributed by atoms with Crippen LogP contribution < -0.4 is 15.4 Å². The van der Waals surface area contributed by atoms with E-state index >= 15 is 0 Å². The van der Waals surface area contributed by atoms with Crippen molar-refractivity contribution in [2.75, 3.05) is 20.2 Å². The summed E-state index contributed by atoms with van der Waals surface area (Å²) < 4.78 is 5.19. The third-order valence-electron chi connectivity index (χ3n) is 4.95. The zero-order valence-corrected chi connectivity index (χ0v) is 17.3. The fourth-order valence-corrected chi connectivity index (χ4v) is 3.28. The summed E-state index contributed by atoms with van der Waals surface area (Å²) in [5.74, 6) is 1.90. The first-order chi connectivity index (χ1) is 14.2. The molecule has 6 nitrogen and oxygen atoms in total. The number of carbonyl (C=O) groups excluding carboxylic acids is 1. The molecule has 0 spiro atoms. The van der Waals surface area contributed by atoms with Crippen LogP contribution in [0.2, 0.25) is 0 Å². The van der Waals surface area contributed by atoms with Gasteiger partial charge in [-0.3, -0.25) is 4.79 Å². The summed E-state index contributed by atoms with van der Waals surface area (Å²) in [7, 11) is 1.67. The molecule has 1 heterocycles. The molecule has 1 saturated heterocycles. The van der Waals surface area contributed by atoms with Gasteiger partial charge in [0.2, 0.25) is 5.91 Å². The second kappa shape index (κ2) is 10.5. The summed E-state index contributed by atoms with van der Waals surface area (Å²) in [6, 6.07) is 16.4. The standard InChI is InChI=1S/C23H30N4O2/c1-3-24-23(26-16-19-10-12-21(29-2)13-11-19)25-15-18-6-8-20(9-7-18)17-27-14-4-5-22(27)28/h6-13H,3-5,14-17H2,1-2H3,(H2,24,25,26). The normalized spacial score (nSPS) is 14.2. The third-order valence-corrected chi connectivity index (χ3v) is 4.95. The van der Waals surface area contributed by atoms with Gasteiger partial charge in [-0.15, -0.1) is 0 Å². The Morgan fingerprint density at radius 1 is 1.03 bits per heavy atom. The van der Waals surface area contributed by atoms with E-state index in [0.29, 0.717) is 26.1 Å². The average Bonchev–Trinajstić information content (AvgIpc) is 3.16. The third kappa shape index (κ3) is 6.24. The largest absolute Gasteiger partial charge is 0.497 e. The summed E-state index contributed by atoms with van der Waals surface area (Å²) >= 11 is 0. The maximum absolute atomic E-state index is 11.8. The number of carbonyl (C=O) groups is 1. The topological polar surface area (TPSA) is 66.0 Å². The second-order valence-electron chi connectivity index (χ2n) is 7.13. The number of guanidine groups is 1. The highest BCUT2D eigenvalue weighted by atomic mass is 16.5. The van der Waals surface area contributed by atoms with E-state index in [1.54, 1.807) is 7.11 Å². The monoisotopic (exact) mass is 394 g/mol. The Kier molecular flexibility index (Phi) is 7.50. The SMILES string of the molecule is CCNC(=NCc1ccc(OC)cc1)NCc1ccc(CN2CCCC2=O)cc1. The van der Waals surface area contributed by atoms with Gasteiger partial charge in [0.25, 0.3) is 0 Å². The highest BCUT2D eigenvalue weighted by Crippen LogP contribution is 2.15. The Hall–Kier alpha value is -3.02. The van der Waals surface area contributed by atoms with Gasteiger partial charge in [-0.1, -0.05) is 36.4 Å². The van der Waals surface area contributed by atoms with Crippen LogP contribution in [0.3, 0.4) is 0 Å². The molecule has 3 rings (SSSR count). The molecule has 2 aromatic rings. The minimum atomic E-state index is 0.263. The maximum atomic E-state index is 11.8. The van der Waals surface area contributed by atoms with E-state index in [1.807, 2.05) is 29.2 Å². The van der Waals surface area contributed by atoms with Gasteiger partial charge < -0.3 is 20.3 Å². The predicted molar refractivity (Wildman–Crippen MR) is 116 cm³/mol. The van der Waals surface area contributed by atoms with Crippen molar-refractivity contribution in [3.05, 3.63) is 65.2 Å². The van der Waals surface area contributed by atoms with Gasteiger partial charge in [-0.2, -0.15) is 0 Å². The number of methoxy groups -OCH3 is 1. The smallest absolute Gasteiger partial charge is 0.222 e. The molecule has 0 aromatic heterocycles. The van der Waals surface area contributed by atoms with Gasteiger partial charge in [0.1, 0.15) is 5.75 Å². The van der Waals surface area contributed by atoms with Crippen molar-refractivity contribution in [3.63, 3.8) is 0 Å². The van der Waals surface area contributed by atoms with Crippen molar-refractivity contribution in [2.45, 2.75) is 39.4 Å². The summed E-state index contributed by atoms with van der Waals surface area (Å²) in [6.45, 7) is 5.73. The van der Waals surface area contributed by atoms with Crippen LogP contribution in [-0.4, -0.2) is 37.0 Å². The van der Waals surface area contributed by atoms with E-state index < -0.39 is 0 Å². The van der Waals surface area contributed by atoms with Crippen molar-refractivity contribution < 1.29 is 9.53 Å². The molecule has 29 heavy (non-hydrogen) atoms. The number of hydrogen-bond donors (Lipinski definition) is 2. The van der Waals surface area contributed by atoms with Crippen LogP contribution in [0.5, 0.6) is 5.75 Å². The van der Waals surface area contributed by atoms with E-state index in [4.69, 9.17) is 4.74 Å². The van der Waals surface area contributed by atoms with Gasteiger partial charge in [0, 0.05) is 32.6 Å². The van der Waals surface area contributed by atoms with Crippen LogP contribution in [0.25, 0.3) is 0 Å². The quantitative estimate of drug-likeness (QED) is 0.533. The number of rotatable bonds is 8. The molecule has 0 bridgehead atoms. The van der Waals surface area contributed by atoms with Gasteiger partial charge in [-0.25, -0.2) is 4.99 Å². The molecule has 1 aliphatic heterocycles. The van der Waals surface area contributed by atoms with Crippen molar-refractivity contribution in [2.24, 2.45) is 4.99 Å². The summed E-state index contributed by atoms with van der Waals surface area (Å²) in [4.78, 5) is 18.4. The minimum Gasteiger partial charge on any atom is -0.497 e. The molecule has 154 valence electrons. The molecular formula is C23H30N4O2. The van der Waals surface area contributed by atoms with Crippen molar-refractivity contribution in [1.29, 1.82) is 0 Å². The molecule has 0 aliphatic carbocycles. The van der Waals surface area contributed by atoms with Crippen LogP contribution >= 0.6 is 0 Å². The highest BCUT2D eigenvalue weighted by Gasteiger charge is 2.19. The predicted octanol–water partition coefficient (Wildman–Crippen LogP) is 3.07. The van der Waals surface area contributed by atoms with Gasteiger partial charge >= 0.3 is 0 Å². The Balaban J connectivity index is 1.52. The number of aliphatic imine (C=N–C) groups is 1. The molecule has 0 atom stereocenters. The Morgan fingerprint density at radius 3 is 2.34 bits per heavy atom. The lowest BCUT2D eigenvalue weighted by Gasteiger charge is -2.16. The molecule has 0 radical (unpaired) electrons. The van der Waals surface area contributed by atoms with Gasteiger partial charge in [0.15, 0.2) is 5.96 Å². The van der Waals surface area contributed by atoms with Gasteiger partial charge in [-0.05, 0) is 42.2 Å². The van der Waals surface area contributed by atoms with Crippen LogP contribution in [0, 0.1) is 0 Å². The van der Waals surface area contributed by atoms with Crippen LogP contribution in [0.1, 0.15) is 36.5 Å². The Bertz CT molecular complexity index is 816. The van der Waals surface area contributed by atoms with Crippen LogP contribution in [0.15, 0.2) is 53.5 Å². The Morgan fingerprint density at radius 2 is 1.72 bits per heavy atom. The molecule has 2 aromatic carbocycles. The highest BCUT2D eigenvalue weighted by molar-refractivity contribution is 5.79. The first-order valence-corrected chi connectivity index (χ1v) is 10.2. The fraction of sp³-hybridized carbons (Fsp3) is 0.391. The number of hydrogen-bond acceptors (Lipinski definition) is 3. The maximum Gasteiger partial charge on any atom is 0.222 e. The van der Waals surface area contributed by atoms with Crippen LogP contribution in [-0.2, 0) is 24.4 Å². The lowest BCUT2D eigenvalue weighted by Crippen LogP contribution is -2.36. The number of nitrogens with zero attached hydrogens (tertiary/aromatic N) is 2. The number of nitrogens with one attached hydrogen (secondary N) is 2. The lowest BCUT2D eigenvalue weighted by molar-refractivity contribution is -0.128. The molecular weight excluding hydrogens is 364 g/mol. The number of benzene rings is 2. The molecule has 0 saturated carbocycles. The summed E-state index contributed by atoms with van der Waals surface area (Å²) in [6.07, 6.45) is 1.66. The van der Waals surface area contributed by atoms with Crippen LogP contribution in [0.4, 0.5) is 0 Å². The van der Waals surface area contributed by atoms with Crippen molar-refractivity contribution in [1.82, 2.24) is 15.5 Å². The zero-order chi connectivity index (χ0) is 20.5. The number of ether oxygens (including phenoxy) is 1. The van der Waals surface area contributed by atoms with E-state index in [0.717, 1.165) is 36.8 Å². The van der Waals surface area contributed by atoms with Gasteiger partial charge in [0.05, 0.1) is 13.7 Å². The van der Waals surface area contributed by atoms with E-state index in [2.05, 4.69) is 46.8 Å². The summed E-state index contributed by atoms with van der Waals surface area (Å²) in [5, 5.41) is 6.66. The van der Waals surface area contributed by atoms with E-state index in [-0.39, 0.29) is 5.91 Å². The minimum absolute atomic E-state index is 0.263. The molecule has 6 heteroatoms. The molecule has 1 aliphatic rings. The number of amides is 1. The molecule has 1 fully saturated rings. The molecule has 0 unspecified atom stereocenters. The second-order valence-corrected chi connectivity index (χ2v) is 7.13. The van der Waals surface area contributed by atoms with E-state index in [9.17, 15) is 4.79 Å². The molecule has 2 N–H and O–H groups in total. The fourth-order valence-electron chi connectivity index (χ4n) is 3.28. The van der Waals surface area contributed by atoms with E-state index in [1.165, 1.54) is 11.1 Å². The van der Waals surface area contributed by atoms with Crippen molar-refractivity contribution in [3.8, 4) is 5.75 Å². The lowest BCUT2D eigenvalue weighted by atomic mass is 10.1. The summed E-state index contributed by atoms with van der Waals surface area (Å²) in [5.41, 5.74) is 3.48. The first-order valence-electron chi connectivity index (χ1n) is 10.2. The Labute approximate surface area is 173 Å². The average molecular weight is 395 g/mol. The zero-order valence-electron chi connectivity index (χ0n) is 17.3. The first kappa shape index (κ1) is 20.7. The molecule has 1 amide bonds. The van der Waals surface area contributed by atoms with Crippen molar-refractivity contribution >= 4 is 11.9 Å².